The van der Waals surface area contributed by atoms with E-state index < -0.39 is 18.4 Å². The molecule has 1 amide bonds. The topological polar surface area (TPSA) is 103 Å². The second-order valence-electron chi connectivity index (χ2n) is 11.8. The number of rotatable bonds is 4. The Hall–Kier alpha value is -3.57. The number of nitrogens with zero attached hydrogens (tertiary/aromatic N) is 4. The third kappa shape index (κ3) is 4.20. The van der Waals surface area contributed by atoms with Gasteiger partial charge in [-0.15, -0.1) is 0 Å². The van der Waals surface area contributed by atoms with Crippen LogP contribution in [0.4, 0.5) is 4.79 Å². The van der Waals surface area contributed by atoms with Gasteiger partial charge in [-0.1, -0.05) is 24.3 Å². The van der Waals surface area contributed by atoms with Crippen LogP contribution in [-0.4, -0.2) is 79.5 Å². The molecular formula is C30H36N4O7. The summed E-state index contributed by atoms with van der Waals surface area (Å²) in [7, 11) is 3.44. The normalized spacial score (nSPS) is 30.4. The molecule has 4 fully saturated rings. The maximum absolute atomic E-state index is 14.0. The van der Waals surface area contributed by atoms with Crippen LogP contribution in [0.5, 0.6) is 5.75 Å². The lowest BCUT2D eigenvalue weighted by Gasteiger charge is -2.58. The van der Waals surface area contributed by atoms with Crippen molar-refractivity contribution >= 4 is 12.1 Å². The molecule has 3 saturated carbocycles. The van der Waals surface area contributed by atoms with Gasteiger partial charge in [0.2, 0.25) is 18.0 Å². The van der Waals surface area contributed by atoms with Gasteiger partial charge in [0.15, 0.2) is 5.69 Å². The zero-order valence-corrected chi connectivity index (χ0v) is 23.4. The van der Waals surface area contributed by atoms with E-state index in [0.717, 1.165) is 6.54 Å². The minimum atomic E-state index is -0.936. The molecule has 0 spiro atoms. The molecule has 1 saturated heterocycles. The standard InChI is InChI=1S/C30H36N4O7/c1-31-15-20-5-3-4-6-21(20)26(24-18-7-9-19(10-8-18)25(24)31)34-23-16-39-14-13-32(23)29(36)27-28(22(35)11-12-33(27)34)40-17-41-30(37)38-2/h3-6,11-12,18-19,23-26H,7-10,13-17H2,1-2H3/t18?,19?,23?,24-,25-,26?/m1/s1. The van der Waals surface area contributed by atoms with E-state index in [4.69, 9.17) is 14.2 Å². The van der Waals surface area contributed by atoms with Gasteiger partial charge in [-0.3, -0.25) is 24.2 Å². The number of amides is 1. The Morgan fingerprint density at radius 1 is 1.07 bits per heavy atom. The number of fused-ring (bicyclic) bond motifs is 5. The van der Waals surface area contributed by atoms with Crippen LogP contribution >= 0.6 is 0 Å². The zero-order valence-electron chi connectivity index (χ0n) is 23.4. The number of hydrogen-bond donors (Lipinski definition) is 0. The Morgan fingerprint density at radius 2 is 1.85 bits per heavy atom. The number of morpholine rings is 1. The van der Waals surface area contributed by atoms with Crippen LogP contribution < -0.4 is 15.2 Å². The molecule has 4 heterocycles. The molecule has 6 aliphatic rings. The number of aromatic nitrogens is 1. The predicted octanol–water partition coefficient (Wildman–Crippen LogP) is 2.71. The first-order chi connectivity index (χ1) is 20.0. The molecule has 4 atom stereocenters. The van der Waals surface area contributed by atoms with Gasteiger partial charge in [-0.05, 0) is 55.7 Å². The van der Waals surface area contributed by atoms with E-state index in [-0.39, 0.29) is 29.6 Å². The summed E-state index contributed by atoms with van der Waals surface area (Å²) in [6.45, 7) is 1.49. The number of ether oxygens (including phenoxy) is 4. The van der Waals surface area contributed by atoms with Crippen LogP contribution in [0, 0.1) is 17.8 Å². The predicted molar refractivity (Wildman–Crippen MR) is 147 cm³/mol. The Bertz CT molecular complexity index is 1400. The average Bonchev–Trinajstić information content (AvgIpc) is 3.14. The Kier molecular flexibility index (Phi) is 6.66. The van der Waals surface area contributed by atoms with Gasteiger partial charge in [0.05, 0.1) is 26.4 Å². The molecule has 11 nitrogen and oxygen atoms in total. The molecule has 0 N–H and O–H groups in total. The molecule has 2 unspecified atom stereocenters. The molecule has 218 valence electrons. The molecule has 11 heteroatoms. The number of carbonyl (C=O) groups excluding carboxylic acids is 2. The summed E-state index contributed by atoms with van der Waals surface area (Å²) in [6.07, 6.45) is 5.29. The van der Waals surface area contributed by atoms with Gasteiger partial charge < -0.3 is 23.8 Å². The largest absolute Gasteiger partial charge is 0.510 e. The van der Waals surface area contributed by atoms with Gasteiger partial charge in [-0.25, -0.2) is 4.79 Å². The van der Waals surface area contributed by atoms with E-state index in [1.54, 1.807) is 11.1 Å². The second kappa shape index (κ2) is 10.4. The molecule has 41 heavy (non-hydrogen) atoms. The molecule has 3 aliphatic carbocycles. The molecule has 1 aromatic carbocycles. The second-order valence-corrected chi connectivity index (χ2v) is 11.8. The minimum Gasteiger partial charge on any atom is -0.451 e. The summed E-state index contributed by atoms with van der Waals surface area (Å²) >= 11 is 0. The van der Waals surface area contributed by atoms with Crippen LogP contribution in [0.1, 0.15) is 53.3 Å². The molecule has 0 radical (unpaired) electrons. The lowest BCUT2D eigenvalue weighted by molar-refractivity contribution is -0.0513. The lowest BCUT2D eigenvalue weighted by Crippen LogP contribution is -2.68. The highest BCUT2D eigenvalue weighted by Gasteiger charge is 2.55. The van der Waals surface area contributed by atoms with E-state index >= 15 is 0 Å². The fourth-order valence-corrected chi connectivity index (χ4v) is 8.31. The Balaban J connectivity index is 1.41. The Morgan fingerprint density at radius 3 is 2.66 bits per heavy atom. The highest BCUT2D eigenvalue weighted by atomic mass is 16.8. The van der Waals surface area contributed by atoms with E-state index in [1.165, 1.54) is 50.0 Å². The van der Waals surface area contributed by atoms with Crippen molar-refractivity contribution < 1.29 is 28.5 Å². The van der Waals surface area contributed by atoms with Crippen molar-refractivity contribution in [2.24, 2.45) is 17.8 Å². The molecule has 2 aromatic rings. The van der Waals surface area contributed by atoms with Crippen LogP contribution in [0.3, 0.4) is 0 Å². The minimum absolute atomic E-state index is 0.0584. The first-order valence-corrected chi connectivity index (χ1v) is 14.5. The summed E-state index contributed by atoms with van der Waals surface area (Å²) in [5.74, 6) is 1.05. The van der Waals surface area contributed by atoms with Crippen LogP contribution in [-0.2, 0) is 20.8 Å². The smallest absolute Gasteiger partial charge is 0.451 e. The quantitative estimate of drug-likeness (QED) is 0.410. The van der Waals surface area contributed by atoms with E-state index in [2.05, 4.69) is 46.0 Å². The molecule has 8 rings (SSSR count). The number of benzene rings is 1. The maximum Gasteiger partial charge on any atom is 0.510 e. The van der Waals surface area contributed by atoms with Gasteiger partial charge >= 0.3 is 6.16 Å². The first kappa shape index (κ1) is 26.3. The van der Waals surface area contributed by atoms with E-state index in [9.17, 15) is 14.4 Å². The van der Waals surface area contributed by atoms with Crippen molar-refractivity contribution in [3.8, 4) is 5.75 Å². The third-order valence-corrected chi connectivity index (χ3v) is 9.89. The summed E-state index contributed by atoms with van der Waals surface area (Å²) < 4.78 is 22.9. The van der Waals surface area contributed by atoms with Crippen molar-refractivity contribution in [1.82, 2.24) is 14.5 Å². The number of methoxy groups -OCH3 is 1. The van der Waals surface area contributed by atoms with Crippen molar-refractivity contribution in [2.45, 2.75) is 50.5 Å². The fourth-order valence-electron chi connectivity index (χ4n) is 8.31. The number of hydrogen-bond acceptors (Lipinski definition) is 9. The summed E-state index contributed by atoms with van der Waals surface area (Å²) in [6, 6.07) is 10.4. The van der Waals surface area contributed by atoms with Gasteiger partial charge in [-0.2, -0.15) is 0 Å². The van der Waals surface area contributed by atoms with Crippen molar-refractivity contribution in [1.29, 1.82) is 0 Å². The highest BCUT2D eigenvalue weighted by molar-refractivity contribution is 5.96. The van der Waals surface area contributed by atoms with Crippen LogP contribution in [0.2, 0.25) is 0 Å². The number of pyridine rings is 1. The van der Waals surface area contributed by atoms with Gasteiger partial charge in [0.25, 0.3) is 5.91 Å². The molecule has 3 aliphatic heterocycles. The third-order valence-electron chi connectivity index (χ3n) is 9.89. The first-order valence-electron chi connectivity index (χ1n) is 14.5. The number of carbonyl (C=O) groups is 2. The van der Waals surface area contributed by atoms with Crippen molar-refractivity contribution in [2.75, 3.05) is 45.7 Å². The van der Waals surface area contributed by atoms with Crippen LogP contribution in [0.15, 0.2) is 41.3 Å². The summed E-state index contributed by atoms with van der Waals surface area (Å²) in [5, 5.41) is 2.28. The van der Waals surface area contributed by atoms with E-state index in [1.807, 2.05) is 4.68 Å². The average molecular weight is 565 g/mol. The Labute approximate surface area is 238 Å². The SMILES string of the molecule is COC(=O)OCOc1c2n(ccc1=O)N(C1c3ccccc3CN(C)[C@@H]3C4CCC(CC4)[C@@H]13)C1COCCN1C2=O. The highest BCUT2D eigenvalue weighted by Crippen LogP contribution is 2.55. The zero-order chi connectivity index (χ0) is 28.2. The van der Waals surface area contributed by atoms with Gasteiger partial charge in [0, 0.05) is 37.3 Å². The maximum atomic E-state index is 14.0. The summed E-state index contributed by atoms with van der Waals surface area (Å²) in [4.78, 5) is 43.1. The van der Waals surface area contributed by atoms with Crippen molar-refractivity contribution in [3.05, 3.63) is 63.6 Å². The van der Waals surface area contributed by atoms with Crippen molar-refractivity contribution in [3.63, 3.8) is 0 Å². The molecule has 1 aromatic heterocycles. The monoisotopic (exact) mass is 564 g/mol. The van der Waals surface area contributed by atoms with Gasteiger partial charge in [0.1, 0.15) is 6.17 Å². The molecule has 2 bridgehead atoms. The van der Waals surface area contributed by atoms with E-state index in [0.29, 0.717) is 43.6 Å². The fraction of sp³-hybridized carbons (Fsp3) is 0.567. The molecular weight excluding hydrogens is 528 g/mol. The summed E-state index contributed by atoms with van der Waals surface area (Å²) in [5.41, 5.74) is 2.21. The lowest BCUT2D eigenvalue weighted by atomic mass is 9.58. The van der Waals surface area contributed by atoms with Crippen LogP contribution in [0.25, 0.3) is 0 Å².